The SMILES string of the molecule is Cc1nc2[nH]cc(CCc3ccc(C(=O)O)cc3)c2c(=O)[nH]1. The standard InChI is InChI=1S/C16H15N3O3/c1-9-18-14-13(15(20)19-9)12(8-17-14)7-4-10-2-5-11(6-3-10)16(21)22/h2-3,5-6,8H,4,7H2,1H3,(H,21,22)(H2,17,18,19,20). The molecule has 6 nitrogen and oxygen atoms in total. The fraction of sp³-hybridized carbons (Fsp3) is 0.188. The Morgan fingerprint density at radius 2 is 1.95 bits per heavy atom. The smallest absolute Gasteiger partial charge is 0.335 e. The maximum absolute atomic E-state index is 12.0. The molecule has 112 valence electrons. The van der Waals surface area contributed by atoms with Gasteiger partial charge >= 0.3 is 5.97 Å². The van der Waals surface area contributed by atoms with E-state index in [9.17, 15) is 9.59 Å². The van der Waals surface area contributed by atoms with Crippen molar-refractivity contribution in [3.8, 4) is 0 Å². The maximum Gasteiger partial charge on any atom is 0.335 e. The normalized spacial score (nSPS) is 11.0. The molecule has 0 aliphatic rings. The number of H-pyrrole nitrogens is 2. The summed E-state index contributed by atoms with van der Waals surface area (Å²) in [7, 11) is 0. The van der Waals surface area contributed by atoms with Gasteiger partial charge in [0, 0.05) is 6.20 Å². The van der Waals surface area contributed by atoms with Gasteiger partial charge in [-0.25, -0.2) is 9.78 Å². The minimum atomic E-state index is -0.934. The number of rotatable bonds is 4. The van der Waals surface area contributed by atoms with Crippen molar-refractivity contribution in [3.05, 3.63) is 63.3 Å². The zero-order chi connectivity index (χ0) is 15.7. The number of aromatic nitrogens is 3. The third kappa shape index (κ3) is 2.63. The molecule has 6 heteroatoms. The van der Waals surface area contributed by atoms with Crippen LogP contribution in [0.5, 0.6) is 0 Å². The number of hydrogen-bond acceptors (Lipinski definition) is 3. The summed E-state index contributed by atoms with van der Waals surface area (Å²) in [6.45, 7) is 1.74. The highest BCUT2D eigenvalue weighted by molar-refractivity contribution is 5.87. The van der Waals surface area contributed by atoms with Gasteiger partial charge in [0.05, 0.1) is 10.9 Å². The van der Waals surface area contributed by atoms with Gasteiger partial charge in [0.15, 0.2) is 0 Å². The van der Waals surface area contributed by atoms with Gasteiger partial charge in [-0.05, 0) is 43.0 Å². The zero-order valence-corrected chi connectivity index (χ0v) is 12.0. The van der Waals surface area contributed by atoms with Crippen LogP contribution in [-0.4, -0.2) is 26.0 Å². The molecule has 2 heterocycles. The molecule has 0 radical (unpaired) electrons. The third-order valence-electron chi connectivity index (χ3n) is 3.63. The summed E-state index contributed by atoms with van der Waals surface area (Å²) in [5.74, 6) is -0.355. The molecular formula is C16H15N3O3. The summed E-state index contributed by atoms with van der Waals surface area (Å²) in [5.41, 5.74) is 2.66. The second-order valence-electron chi connectivity index (χ2n) is 5.19. The number of hydrogen-bond donors (Lipinski definition) is 3. The van der Waals surface area contributed by atoms with E-state index in [1.54, 1.807) is 37.4 Å². The molecule has 3 rings (SSSR count). The Morgan fingerprint density at radius 3 is 2.64 bits per heavy atom. The molecule has 1 aromatic carbocycles. The minimum Gasteiger partial charge on any atom is -0.478 e. The van der Waals surface area contributed by atoms with Crippen LogP contribution in [0.25, 0.3) is 11.0 Å². The van der Waals surface area contributed by atoms with Crippen molar-refractivity contribution in [1.82, 2.24) is 15.0 Å². The first-order valence-electron chi connectivity index (χ1n) is 6.93. The topological polar surface area (TPSA) is 98.8 Å². The first-order valence-corrected chi connectivity index (χ1v) is 6.93. The van der Waals surface area contributed by atoms with Gasteiger partial charge in [0.25, 0.3) is 5.56 Å². The van der Waals surface area contributed by atoms with Gasteiger partial charge in [-0.1, -0.05) is 12.1 Å². The van der Waals surface area contributed by atoms with Crippen LogP contribution in [0, 0.1) is 6.92 Å². The van der Waals surface area contributed by atoms with E-state index >= 15 is 0 Å². The quantitative estimate of drug-likeness (QED) is 0.686. The molecule has 0 bridgehead atoms. The van der Waals surface area contributed by atoms with E-state index in [0.717, 1.165) is 17.5 Å². The second-order valence-corrected chi connectivity index (χ2v) is 5.19. The average molecular weight is 297 g/mol. The van der Waals surface area contributed by atoms with E-state index in [1.165, 1.54) is 0 Å². The Kier molecular flexibility index (Phi) is 3.50. The second kappa shape index (κ2) is 5.48. The summed E-state index contributed by atoms with van der Waals surface area (Å²) in [5, 5.41) is 9.47. The fourth-order valence-electron chi connectivity index (χ4n) is 2.51. The highest BCUT2D eigenvalue weighted by Crippen LogP contribution is 2.15. The Labute approximate surface area is 125 Å². The van der Waals surface area contributed by atoms with Gasteiger partial charge < -0.3 is 15.1 Å². The average Bonchev–Trinajstić information content (AvgIpc) is 2.88. The summed E-state index contributed by atoms with van der Waals surface area (Å²) >= 11 is 0. The predicted molar refractivity (Wildman–Crippen MR) is 82.3 cm³/mol. The maximum atomic E-state index is 12.0. The summed E-state index contributed by atoms with van der Waals surface area (Å²) in [6.07, 6.45) is 3.21. The van der Waals surface area contributed by atoms with Crippen LogP contribution in [0.1, 0.15) is 27.3 Å². The number of aromatic amines is 2. The van der Waals surface area contributed by atoms with Crippen molar-refractivity contribution >= 4 is 17.0 Å². The molecule has 0 aliphatic carbocycles. The van der Waals surface area contributed by atoms with Gasteiger partial charge in [0.1, 0.15) is 11.5 Å². The fourth-order valence-corrected chi connectivity index (χ4v) is 2.51. The lowest BCUT2D eigenvalue weighted by molar-refractivity contribution is 0.0697. The molecule has 2 aromatic heterocycles. The Hall–Kier alpha value is -2.89. The minimum absolute atomic E-state index is 0.139. The van der Waals surface area contributed by atoms with Crippen molar-refractivity contribution in [2.75, 3.05) is 0 Å². The van der Waals surface area contributed by atoms with Crippen LogP contribution in [0.2, 0.25) is 0 Å². The van der Waals surface area contributed by atoms with Crippen LogP contribution < -0.4 is 5.56 Å². The molecule has 0 fully saturated rings. The van der Waals surface area contributed by atoms with Crippen molar-refractivity contribution in [2.24, 2.45) is 0 Å². The molecule has 0 saturated heterocycles. The highest BCUT2D eigenvalue weighted by atomic mass is 16.4. The van der Waals surface area contributed by atoms with Crippen LogP contribution in [0.4, 0.5) is 0 Å². The molecule has 3 N–H and O–H groups in total. The number of aromatic carboxylic acids is 1. The van der Waals surface area contributed by atoms with Crippen molar-refractivity contribution in [1.29, 1.82) is 0 Å². The molecule has 0 unspecified atom stereocenters. The first kappa shape index (κ1) is 14.1. The van der Waals surface area contributed by atoms with Crippen molar-refractivity contribution in [2.45, 2.75) is 19.8 Å². The van der Waals surface area contributed by atoms with Crippen LogP contribution in [0.15, 0.2) is 35.3 Å². The molecule has 22 heavy (non-hydrogen) atoms. The lowest BCUT2D eigenvalue weighted by atomic mass is 10.0. The van der Waals surface area contributed by atoms with E-state index < -0.39 is 5.97 Å². The summed E-state index contributed by atoms with van der Waals surface area (Å²) < 4.78 is 0. The van der Waals surface area contributed by atoms with E-state index in [-0.39, 0.29) is 11.1 Å². The Bertz CT molecular complexity index is 891. The molecule has 0 saturated carbocycles. The highest BCUT2D eigenvalue weighted by Gasteiger charge is 2.10. The lowest BCUT2D eigenvalue weighted by Gasteiger charge is -2.02. The predicted octanol–water partition coefficient (Wildman–Crippen LogP) is 2.04. The van der Waals surface area contributed by atoms with Crippen molar-refractivity contribution in [3.63, 3.8) is 0 Å². The van der Waals surface area contributed by atoms with Crippen LogP contribution >= 0.6 is 0 Å². The number of nitrogens with one attached hydrogen (secondary N) is 2. The number of benzene rings is 1. The number of carboxylic acids is 1. The molecular weight excluding hydrogens is 282 g/mol. The summed E-state index contributed by atoms with van der Waals surface area (Å²) in [4.78, 5) is 32.8. The van der Waals surface area contributed by atoms with E-state index in [0.29, 0.717) is 23.3 Å². The number of carbonyl (C=O) groups is 1. The van der Waals surface area contributed by atoms with Crippen LogP contribution in [0.3, 0.4) is 0 Å². The van der Waals surface area contributed by atoms with Crippen LogP contribution in [-0.2, 0) is 12.8 Å². The number of carboxylic acid groups (broad SMARTS) is 1. The van der Waals surface area contributed by atoms with Gasteiger partial charge in [-0.3, -0.25) is 4.79 Å². The largest absolute Gasteiger partial charge is 0.478 e. The Balaban J connectivity index is 1.82. The molecule has 0 atom stereocenters. The van der Waals surface area contributed by atoms with Gasteiger partial charge in [-0.2, -0.15) is 0 Å². The summed E-state index contributed by atoms with van der Waals surface area (Å²) in [6, 6.07) is 6.77. The van der Waals surface area contributed by atoms with E-state index in [2.05, 4.69) is 15.0 Å². The zero-order valence-electron chi connectivity index (χ0n) is 12.0. The number of nitrogens with zero attached hydrogens (tertiary/aromatic N) is 1. The monoisotopic (exact) mass is 297 g/mol. The van der Waals surface area contributed by atoms with Crippen molar-refractivity contribution < 1.29 is 9.90 Å². The third-order valence-corrected chi connectivity index (χ3v) is 3.63. The lowest BCUT2D eigenvalue weighted by Crippen LogP contribution is -2.10. The molecule has 0 amide bonds. The number of fused-ring (bicyclic) bond motifs is 1. The molecule has 0 aliphatic heterocycles. The van der Waals surface area contributed by atoms with E-state index in [1.807, 2.05) is 0 Å². The number of aryl methyl sites for hydroxylation is 3. The van der Waals surface area contributed by atoms with Gasteiger partial charge in [0.2, 0.25) is 0 Å². The Morgan fingerprint density at radius 1 is 1.23 bits per heavy atom. The first-order chi connectivity index (χ1) is 10.5. The molecule has 0 spiro atoms. The van der Waals surface area contributed by atoms with E-state index in [4.69, 9.17) is 5.11 Å². The molecule has 3 aromatic rings. The van der Waals surface area contributed by atoms with Gasteiger partial charge in [-0.15, -0.1) is 0 Å².